The van der Waals surface area contributed by atoms with E-state index in [0.717, 1.165) is 28.3 Å². The second-order valence-corrected chi connectivity index (χ2v) is 6.47. The summed E-state index contributed by atoms with van der Waals surface area (Å²) in [5.74, 6) is -0.203. The van der Waals surface area contributed by atoms with Gasteiger partial charge >= 0.3 is 0 Å². The van der Waals surface area contributed by atoms with Crippen LogP contribution in [0.15, 0.2) is 52.3 Å². The summed E-state index contributed by atoms with van der Waals surface area (Å²) >= 11 is 7.63. The van der Waals surface area contributed by atoms with E-state index in [0.29, 0.717) is 5.02 Å². The van der Waals surface area contributed by atoms with Crippen molar-refractivity contribution in [1.82, 2.24) is 5.32 Å². The van der Waals surface area contributed by atoms with Crippen molar-refractivity contribution in [2.24, 2.45) is 0 Å². The van der Waals surface area contributed by atoms with Crippen molar-refractivity contribution in [3.63, 3.8) is 0 Å². The molecule has 0 saturated heterocycles. The van der Waals surface area contributed by atoms with Crippen molar-refractivity contribution in [2.75, 3.05) is 6.54 Å². The van der Waals surface area contributed by atoms with Crippen LogP contribution in [0.25, 0.3) is 0 Å². The molecule has 1 nitrogen and oxygen atoms in total. The maximum Gasteiger partial charge on any atom is 0.123 e. The molecule has 1 atom stereocenters. The van der Waals surface area contributed by atoms with Gasteiger partial charge in [0.25, 0.3) is 0 Å². The van der Waals surface area contributed by atoms with Crippen LogP contribution < -0.4 is 5.32 Å². The Bertz CT molecular complexity index is 603. The Morgan fingerprint density at radius 3 is 2.76 bits per heavy atom. The van der Waals surface area contributed by atoms with Crippen molar-refractivity contribution >= 4 is 23.4 Å². The normalized spacial score (nSPS) is 12.4. The monoisotopic (exact) mass is 323 g/mol. The number of benzene rings is 2. The van der Waals surface area contributed by atoms with Crippen LogP contribution in [0.4, 0.5) is 4.39 Å². The van der Waals surface area contributed by atoms with Crippen molar-refractivity contribution in [3.8, 4) is 0 Å². The molecule has 4 heteroatoms. The fraction of sp³-hybridized carbons (Fsp3) is 0.294. The summed E-state index contributed by atoms with van der Waals surface area (Å²) in [6, 6.07) is 12.8. The van der Waals surface area contributed by atoms with E-state index >= 15 is 0 Å². The average molecular weight is 324 g/mol. The highest BCUT2D eigenvalue weighted by Crippen LogP contribution is 2.34. The molecule has 0 aliphatic rings. The van der Waals surface area contributed by atoms with Crippen molar-refractivity contribution in [2.45, 2.75) is 36.1 Å². The molecule has 0 aliphatic carbocycles. The number of hydrogen-bond donors (Lipinski definition) is 1. The molecule has 112 valence electrons. The van der Waals surface area contributed by atoms with Gasteiger partial charge in [-0.25, -0.2) is 4.39 Å². The first kappa shape index (κ1) is 16.3. The van der Waals surface area contributed by atoms with E-state index in [1.807, 2.05) is 30.3 Å². The molecule has 0 heterocycles. The lowest BCUT2D eigenvalue weighted by atomic mass is 10.1. The summed E-state index contributed by atoms with van der Waals surface area (Å²) in [7, 11) is 0. The summed E-state index contributed by atoms with van der Waals surface area (Å²) in [6.07, 6.45) is 1.05. The summed E-state index contributed by atoms with van der Waals surface area (Å²) in [6.45, 7) is 5.10. The lowest BCUT2D eigenvalue weighted by molar-refractivity contribution is 0.554. The third-order valence-electron chi connectivity index (χ3n) is 3.16. The molecule has 1 N–H and O–H groups in total. The van der Waals surface area contributed by atoms with Gasteiger partial charge in [-0.15, -0.1) is 0 Å². The van der Waals surface area contributed by atoms with Crippen LogP contribution in [0.2, 0.25) is 5.02 Å². The van der Waals surface area contributed by atoms with Crippen LogP contribution in [0, 0.1) is 5.82 Å². The van der Waals surface area contributed by atoms with Crippen LogP contribution in [0.3, 0.4) is 0 Å². The summed E-state index contributed by atoms with van der Waals surface area (Å²) < 4.78 is 13.6. The zero-order valence-corrected chi connectivity index (χ0v) is 13.8. The number of halogens is 2. The van der Waals surface area contributed by atoms with Gasteiger partial charge in [-0.3, -0.25) is 0 Å². The molecule has 2 aromatic carbocycles. The van der Waals surface area contributed by atoms with Crippen molar-refractivity contribution in [3.05, 3.63) is 58.9 Å². The minimum atomic E-state index is -0.203. The van der Waals surface area contributed by atoms with Gasteiger partial charge in [0, 0.05) is 20.9 Å². The van der Waals surface area contributed by atoms with E-state index < -0.39 is 0 Å². The van der Waals surface area contributed by atoms with Crippen LogP contribution in [0.5, 0.6) is 0 Å². The molecule has 0 saturated carbocycles. The van der Waals surface area contributed by atoms with Gasteiger partial charge in [0.05, 0.1) is 0 Å². The minimum absolute atomic E-state index is 0.113. The summed E-state index contributed by atoms with van der Waals surface area (Å²) in [5.41, 5.74) is 0.980. The Morgan fingerprint density at radius 2 is 2.05 bits per heavy atom. The molecule has 0 radical (unpaired) electrons. The molecule has 0 aliphatic heterocycles. The average Bonchev–Trinajstić information content (AvgIpc) is 2.46. The first-order valence-electron chi connectivity index (χ1n) is 7.06. The molecular formula is C17H19ClFNS. The lowest BCUT2D eigenvalue weighted by Gasteiger charge is -2.17. The van der Waals surface area contributed by atoms with E-state index in [-0.39, 0.29) is 11.9 Å². The first-order chi connectivity index (χ1) is 10.1. The van der Waals surface area contributed by atoms with E-state index in [2.05, 4.69) is 19.2 Å². The van der Waals surface area contributed by atoms with Crippen molar-refractivity contribution < 1.29 is 4.39 Å². The molecule has 0 bridgehead atoms. The van der Waals surface area contributed by atoms with Crippen LogP contribution in [-0.2, 0) is 0 Å². The summed E-state index contributed by atoms with van der Waals surface area (Å²) in [4.78, 5) is 2.10. The highest BCUT2D eigenvalue weighted by Gasteiger charge is 2.12. The maximum absolute atomic E-state index is 13.6. The van der Waals surface area contributed by atoms with Gasteiger partial charge in [-0.2, -0.15) is 0 Å². The molecule has 1 unspecified atom stereocenters. The van der Waals surface area contributed by atoms with Gasteiger partial charge in [0.1, 0.15) is 5.82 Å². The zero-order valence-electron chi connectivity index (χ0n) is 12.2. The molecule has 2 rings (SSSR count). The first-order valence-corrected chi connectivity index (χ1v) is 8.26. The smallest absolute Gasteiger partial charge is 0.123 e. The molecule has 2 aromatic rings. The van der Waals surface area contributed by atoms with Crippen molar-refractivity contribution in [1.29, 1.82) is 0 Å². The Labute approximate surface area is 134 Å². The van der Waals surface area contributed by atoms with E-state index in [1.54, 1.807) is 17.8 Å². The Morgan fingerprint density at radius 1 is 1.24 bits per heavy atom. The predicted molar refractivity (Wildman–Crippen MR) is 88.7 cm³/mol. The fourth-order valence-electron chi connectivity index (χ4n) is 2.08. The van der Waals surface area contributed by atoms with Crippen LogP contribution >= 0.6 is 23.4 Å². The SMILES string of the molecule is CCCNC(C)c1cc(F)ccc1Sc1cccc(Cl)c1. The second kappa shape index (κ2) is 7.83. The van der Waals surface area contributed by atoms with E-state index in [9.17, 15) is 4.39 Å². The van der Waals surface area contributed by atoms with Gasteiger partial charge < -0.3 is 5.32 Å². The lowest BCUT2D eigenvalue weighted by Crippen LogP contribution is -2.20. The highest BCUT2D eigenvalue weighted by molar-refractivity contribution is 7.99. The van der Waals surface area contributed by atoms with E-state index in [4.69, 9.17) is 11.6 Å². The number of nitrogens with one attached hydrogen (secondary N) is 1. The molecule has 0 amide bonds. The minimum Gasteiger partial charge on any atom is -0.310 e. The predicted octanol–water partition coefficient (Wildman–Crippen LogP) is 5.69. The topological polar surface area (TPSA) is 12.0 Å². The fourth-order valence-corrected chi connectivity index (χ4v) is 3.41. The number of hydrogen-bond acceptors (Lipinski definition) is 2. The largest absolute Gasteiger partial charge is 0.310 e. The molecule has 0 aromatic heterocycles. The summed E-state index contributed by atoms with van der Waals surface area (Å²) in [5, 5.41) is 4.12. The van der Waals surface area contributed by atoms with Gasteiger partial charge in [-0.05, 0) is 61.9 Å². The van der Waals surface area contributed by atoms with Crippen LogP contribution in [0.1, 0.15) is 31.9 Å². The third kappa shape index (κ3) is 4.73. The molecule has 0 spiro atoms. The van der Waals surface area contributed by atoms with Gasteiger partial charge in [0.15, 0.2) is 0 Å². The Hall–Kier alpha value is -1.03. The second-order valence-electron chi connectivity index (χ2n) is 4.92. The highest BCUT2D eigenvalue weighted by atomic mass is 35.5. The Balaban J connectivity index is 2.26. The zero-order chi connectivity index (χ0) is 15.2. The molecule has 21 heavy (non-hydrogen) atoms. The quantitative estimate of drug-likeness (QED) is 0.732. The third-order valence-corrected chi connectivity index (χ3v) is 4.48. The van der Waals surface area contributed by atoms with E-state index in [1.165, 1.54) is 6.07 Å². The standard InChI is InChI=1S/C17H19ClFNS/c1-3-9-20-12(2)16-11-14(19)7-8-17(16)21-15-6-4-5-13(18)10-15/h4-8,10-12,20H,3,9H2,1-2H3. The molecule has 0 fully saturated rings. The van der Waals surface area contributed by atoms with Gasteiger partial charge in [-0.1, -0.05) is 36.4 Å². The molecular weight excluding hydrogens is 305 g/mol. The number of rotatable bonds is 6. The maximum atomic E-state index is 13.6. The van der Waals surface area contributed by atoms with Gasteiger partial charge in [0.2, 0.25) is 0 Å². The Kier molecular flexibility index (Phi) is 6.09. The van der Waals surface area contributed by atoms with Crippen LogP contribution in [-0.4, -0.2) is 6.54 Å².